The number of benzene rings is 1. The van der Waals surface area contributed by atoms with E-state index in [1.165, 1.54) is 12.8 Å². The summed E-state index contributed by atoms with van der Waals surface area (Å²) < 4.78 is 0. The zero-order chi connectivity index (χ0) is 18.3. The molecule has 5 heteroatoms. The summed E-state index contributed by atoms with van der Waals surface area (Å²) in [7, 11) is 1.92. The van der Waals surface area contributed by atoms with Gasteiger partial charge in [0.25, 0.3) is 0 Å². The first-order valence-electron chi connectivity index (χ1n) is 9.82. The van der Waals surface area contributed by atoms with Gasteiger partial charge in [-0.25, -0.2) is 4.79 Å². The predicted octanol–water partition coefficient (Wildman–Crippen LogP) is 3.86. The summed E-state index contributed by atoms with van der Waals surface area (Å²) in [5.41, 5.74) is 0.330. The molecule has 1 aliphatic heterocycles. The summed E-state index contributed by atoms with van der Waals surface area (Å²) in [5, 5.41) is 11.6. The lowest BCUT2D eigenvalue weighted by atomic mass is 9.52. The molecule has 5 fully saturated rings. The number of nitrogens with zero attached hydrogens (tertiary/aromatic N) is 2. The zero-order valence-electron chi connectivity index (χ0n) is 15.5. The molecule has 1 aromatic carbocycles. The number of urea groups is 1. The summed E-state index contributed by atoms with van der Waals surface area (Å²) in [5.74, 6) is 1.57. The molecule has 5 aliphatic rings. The van der Waals surface area contributed by atoms with E-state index in [4.69, 9.17) is 11.6 Å². The maximum absolute atomic E-state index is 13.2. The molecule has 4 nitrogen and oxygen atoms in total. The summed E-state index contributed by atoms with van der Waals surface area (Å²) in [4.78, 5) is 17.3. The van der Waals surface area contributed by atoms with E-state index in [2.05, 4.69) is 11.8 Å². The second kappa shape index (κ2) is 5.39. The van der Waals surface area contributed by atoms with Crippen molar-refractivity contribution in [2.24, 2.45) is 17.8 Å². The second-order valence-corrected chi connectivity index (χ2v) is 9.87. The van der Waals surface area contributed by atoms with Gasteiger partial charge >= 0.3 is 6.03 Å². The van der Waals surface area contributed by atoms with Crippen molar-refractivity contribution < 1.29 is 9.90 Å². The Kier molecular flexibility index (Phi) is 3.50. The molecule has 4 saturated carbocycles. The highest BCUT2D eigenvalue weighted by molar-refractivity contribution is 6.30. The fraction of sp³-hybridized carbons (Fsp3) is 0.667. The maximum Gasteiger partial charge on any atom is 0.320 e. The summed E-state index contributed by atoms with van der Waals surface area (Å²) >= 11 is 6.06. The lowest BCUT2D eigenvalue weighted by Crippen LogP contribution is -2.62. The molecule has 0 radical (unpaired) electrons. The molecule has 4 aliphatic carbocycles. The highest BCUT2D eigenvalue weighted by Gasteiger charge is 2.59. The largest absolute Gasteiger partial charge is 0.390 e. The Labute approximate surface area is 160 Å². The van der Waals surface area contributed by atoms with Gasteiger partial charge in [-0.2, -0.15) is 0 Å². The first kappa shape index (κ1) is 16.9. The molecule has 26 heavy (non-hydrogen) atoms. The smallest absolute Gasteiger partial charge is 0.320 e. The van der Waals surface area contributed by atoms with Crippen molar-refractivity contribution in [2.45, 2.75) is 56.2 Å². The molecule has 0 spiro atoms. The van der Waals surface area contributed by atoms with Crippen molar-refractivity contribution in [1.82, 2.24) is 9.80 Å². The Bertz CT molecular complexity index is 735. The Morgan fingerprint density at radius 3 is 2.31 bits per heavy atom. The summed E-state index contributed by atoms with van der Waals surface area (Å²) in [6.07, 6.45) is 5.07. The third kappa shape index (κ3) is 2.27. The topological polar surface area (TPSA) is 43.8 Å². The number of hydrogen-bond acceptors (Lipinski definition) is 2. The van der Waals surface area contributed by atoms with Crippen LogP contribution in [0.15, 0.2) is 24.3 Å². The number of halogens is 1. The van der Waals surface area contributed by atoms with Gasteiger partial charge in [-0.1, -0.05) is 23.7 Å². The monoisotopic (exact) mass is 374 g/mol. The lowest BCUT2D eigenvalue weighted by Gasteiger charge is -2.59. The quantitative estimate of drug-likeness (QED) is 0.854. The van der Waals surface area contributed by atoms with Gasteiger partial charge in [-0.15, -0.1) is 0 Å². The molecule has 3 unspecified atom stereocenters. The van der Waals surface area contributed by atoms with Gasteiger partial charge in [0.15, 0.2) is 0 Å². The minimum absolute atomic E-state index is 0.131. The number of hydrogen-bond donors (Lipinski definition) is 1. The van der Waals surface area contributed by atoms with Gasteiger partial charge in [0.1, 0.15) is 0 Å². The van der Waals surface area contributed by atoms with Crippen LogP contribution in [0.5, 0.6) is 0 Å². The molecule has 1 saturated heterocycles. The highest BCUT2D eigenvalue weighted by Crippen LogP contribution is 2.58. The summed E-state index contributed by atoms with van der Waals surface area (Å²) in [6, 6.07) is 8.30. The molecule has 6 rings (SSSR count). The number of carbonyl (C=O) groups excluding carboxylic acids is 1. The zero-order valence-corrected chi connectivity index (χ0v) is 16.2. The number of aliphatic hydroxyl groups is 1. The van der Waals surface area contributed by atoms with Crippen molar-refractivity contribution in [3.05, 3.63) is 34.9 Å². The Morgan fingerprint density at radius 2 is 1.73 bits per heavy atom. The van der Waals surface area contributed by atoms with Crippen LogP contribution in [0, 0.1) is 17.8 Å². The summed E-state index contributed by atoms with van der Waals surface area (Å²) in [6.45, 7) is 2.86. The van der Waals surface area contributed by atoms with Crippen LogP contribution >= 0.6 is 11.6 Å². The molecule has 140 valence electrons. The van der Waals surface area contributed by atoms with E-state index in [0.717, 1.165) is 29.8 Å². The Morgan fingerprint density at radius 1 is 1.12 bits per heavy atom. The Balaban J connectivity index is 1.46. The van der Waals surface area contributed by atoms with Crippen LogP contribution in [0.4, 0.5) is 4.79 Å². The first-order chi connectivity index (χ1) is 12.3. The van der Waals surface area contributed by atoms with Crippen LogP contribution in [0.1, 0.15) is 44.6 Å². The van der Waals surface area contributed by atoms with E-state index in [9.17, 15) is 9.90 Å². The molecule has 2 amide bonds. The number of amides is 2. The number of rotatable bonds is 2. The third-order valence-corrected chi connectivity index (χ3v) is 8.02. The minimum atomic E-state index is -0.457. The van der Waals surface area contributed by atoms with E-state index in [1.807, 2.05) is 36.2 Å². The van der Waals surface area contributed by atoms with Gasteiger partial charge in [0, 0.05) is 18.1 Å². The van der Waals surface area contributed by atoms with Crippen LogP contribution in [0.3, 0.4) is 0 Å². The van der Waals surface area contributed by atoms with E-state index in [0.29, 0.717) is 24.3 Å². The molecule has 0 aromatic heterocycles. The average molecular weight is 375 g/mol. The molecule has 1 heterocycles. The molecule has 1 N–H and O–H groups in total. The predicted molar refractivity (Wildman–Crippen MR) is 101 cm³/mol. The van der Waals surface area contributed by atoms with Crippen LogP contribution in [0.25, 0.3) is 0 Å². The van der Waals surface area contributed by atoms with Gasteiger partial charge in [-0.3, -0.25) is 0 Å². The number of carbonyl (C=O) groups is 1. The highest BCUT2D eigenvalue weighted by atomic mass is 35.5. The molecule has 3 atom stereocenters. The normalized spacial score (nSPS) is 44.2. The average Bonchev–Trinajstić information content (AvgIpc) is 2.79. The van der Waals surface area contributed by atoms with Gasteiger partial charge in [0.2, 0.25) is 0 Å². The first-order valence-corrected chi connectivity index (χ1v) is 10.2. The molecule has 4 bridgehead atoms. The Hall–Kier alpha value is -1.26. The van der Waals surface area contributed by atoms with Gasteiger partial charge < -0.3 is 14.9 Å². The van der Waals surface area contributed by atoms with Crippen molar-refractivity contribution in [3.8, 4) is 0 Å². The maximum atomic E-state index is 13.2. The SMILES string of the molecule is CN1C(=O)N(C2C3CC4CC2CC(O)(C4)C3)CC1(C)c1ccc(Cl)cc1. The van der Waals surface area contributed by atoms with Crippen molar-refractivity contribution >= 4 is 17.6 Å². The molecule has 1 aromatic rings. The van der Waals surface area contributed by atoms with Crippen LogP contribution in [-0.2, 0) is 5.54 Å². The van der Waals surface area contributed by atoms with Crippen molar-refractivity contribution in [2.75, 3.05) is 13.6 Å². The van der Waals surface area contributed by atoms with E-state index in [-0.39, 0.29) is 17.6 Å². The minimum Gasteiger partial charge on any atom is -0.390 e. The molecular formula is C21H27ClN2O2. The van der Waals surface area contributed by atoms with Crippen LogP contribution in [-0.4, -0.2) is 46.2 Å². The van der Waals surface area contributed by atoms with E-state index < -0.39 is 5.60 Å². The fourth-order valence-electron chi connectivity index (χ4n) is 6.70. The standard InChI is InChI=1S/C21H27ClN2O2/c1-20(16-3-5-17(22)6-4-16)12-24(19(25)23(20)2)18-14-7-13-8-15(18)11-21(26,9-13)10-14/h3-6,13-15,18,26H,7-12H2,1-2H3. The lowest BCUT2D eigenvalue weighted by molar-refractivity contribution is -0.152. The van der Waals surface area contributed by atoms with Gasteiger partial charge in [-0.05, 0) is 74.5 Å². The second-order valence-electron chi connectivity index (χ2n) is 9.44. The van der Waals surface area contributed by atoms with Crippen molar-refractivity contribution in [1.29, 1.82) is 0 Å². The number of likely N-dealkylation sites (N-methyl/N-ethyl adjacent to an activating group) is 1. The fourth-order valence-corrected chi connectivity index (χ4v) is 6.83. The third-order valence-electron chi connectivity index (χ3n) is 7.77. The van der Waals surface area contributed by atoms with Crippen molar-refractivity contribution in [3.63, 3.8) is 0 Å². The van der Waals surface area contributed by atoms with Crippen LogP contribution in [0.2, 0.25) is 5.02 Å². The van der Waals surface area contributed by atoms with E-state index in [1.54, 1.807) is 0 Å². The molecular weight excluding hydrogens is 348 g/mol. The van der Waals surface area contributed by atoms with Gasteiger partial charge in [0.05, 0.1) is 17.7 Å². The van der Waals surface area contributed by atoms with E-state index >= 15 is 0 Å². The van der Waals surface area contributed by atoms with Crippen LogP contribution < -0.4 is 0 Å².